The molecule has 1 aliphatic heterocycles. The van der Waals surface area contributed by atoms with E-state index >= 15 is 0 Å². The third kappa shape index (κ3) is 6.22. The van der Waals surface area contributed by atoms with Crippen molar-refractivity contribution in [3.05, 3.63) is 70.8 Å². The first-order valence-corrected chi connectivity index (χ1v) is 17.0. The van der Waals surface area contributed by atoms with Crippen LogP contribution in [0.5, 0.6) is 0 Å². The van der Waals surface area contributed by atoms with Crippen LogP contribution in [0.3, 0.4) is 0 Å². The van der Waals surface area contributed by atoms with E-state index < -0.39 is 41.6 Å². The molecule has 11 heteroatoms. The molecule has 2 aromatic rings. The Hall–Kier alpha value is -1.15. The van der Waals surface area contributed by atoms with Crippen LogP contribution < -0.4 is 0 Å². The fraction of sp³-hybridized carbons (Fsp3) is 0.571. The van der Waals surface area contributed by atoms with Crippen molar-refractivity contribution in [2.45, 2.75) is 70.6 Å². The number of hydrogen-bond acceptors (Lipinski definition) is 3. The summed E-state index contributed by atoms with van der Waals surface area (Å²) in [5.74, 6) is 1.16. The summed E-state index contributed by atoms with van der Waals surface area (Å²) in [6.07, 6.45) is -6.19. The van der Waals surface area contributed by atoms with E-state index in [0.717, 1.165) is 43.5 Å². The molecule has 1 saturated heterocycles. The number of hydrogen-bond donors (Lipinski definition) is 0. The molecule has 2 aliphatic rings. The summed E-state index contributed by atoms with van der Waals surface area (Å²) in [7, 11) is 3.60. The molecule has 4 rings (SSSR count). The van der Waals surface area contributed by atoms with Gasteiger partial charge in [0.1, 0.15) is 0 Å². The van der Waals surface area contributed by atoms with Gasteiger partial charge in [-0.1, -0.05) is 0 Å². The van der Waals surface area contributed by atoms with Crippen molar-refractivity contribution in [3.63, 3.8) is 0 Å². The molecule has 216 valence electrons. The van der Waals surface area contributed by atoms with Crippen LogP contribution in [0, 0.1) is 17.8 Å². The van der Waals surface area contributed by atoms with E-state index in [-0.39, 0.29) is 6.10 Å². The monoisotopic (exact) mass is 640 g/mol. The van der Waals surface area contributed by atoms with Gasteiger partial charge in [0.05, 0.1) is 0 Å². The van der Waals surface area contributed by atoms with Gasteiger partial charge in [-0.05, 0) is 0 Å². The molecule has 2 aromatic carbocycles. The van der Waals surface area contributed by atoms with Crippen LogP contribution in [0.1, 0.15) is 74.4 Å². The molecule has 1 heterocycles. The van der Waals surface area contributed by atoms with E-state index in [1.807, 2.05) is 9.34 Å². The average molecular weight is 640 g/mol. The molecule has 3 nitrogen and oxygen atoms in total. The Balaban J connectivity index is 1.83. The number of alkyl halides is 6. The summed E-state index contributed by atoms with van der Waals surface area (Å²) in [5.41, 5.74) is -0.840. The molecule has 1 saturated carbocycles. The van der Waals surface area contributed by atoms with Crippen LogP contribution >= 0.6 is 6.04 Å². The Morgan fingerprint density at radius 2 is 1.31 bits per heavy atom. The molecule has 2 fully saturated rings. The first kappa shape index (κ1) is 30.8. The Kier molecular flexibility index (Phi) is 8.89. The van der Waals surface area contributed by atoms with Crippen molar-refractivity contribution in [2.24, 2.45) is 17.8 Å². The summed E-state index contributed by atoms with van der Waals surface area (Å²) >= 11 is 3.26. The quantitative estimate of drug-likeness (QED) is 0.185. The van der Waals surface area contributed by atoms with E-state index in [1.165, 1.54) is 12.1 Å². The van der Waals surface area contributed by atoms with Gasteiger partial charge in [0.2, 0.25) is 0 Å². The number of halogens is 6. The summed E-state index contributed by atoms with van der Waals surface area (Å²) in [6.45, 7) is 6.53. The Labute approximate surface area is 234 Å². The van der Waals surface area contributed by atoms with Crippen molar-refractivity contribution in [3.8, 4) is 0 Å². The second-order valence-corrected chi connectivity index (χ2v) is 16.7. The first-order valence-electron chi connectivity index (χ1n) is 13.1. The van der Waals surface area contributed by atoms with E-state index in [0.29, 0.717) is 28.9 Å². The molecule has 0 bridgehead atoms. The Bertz CT molecular complexity index is 1150. The van der Waals surface area contributed by atoms with Crippen LogP contribution in [0.25, 0.3) is 0 Å². The Morgan fingerprint density at radius 1 is 0.846 bits per heavy atom. The standard InChI is InChI=1S/C28H35F6N2OPSe/c1-17(2)23-13-12-18(3)14-24(23)37-38(39)35(4)25(19-8-6-10-21(15-19)27(29,30)31)26(36(38)5)20-9-7-11-22(16-20)28(32,33)34/h6-11,15-18,23-26H,12-14H2,1-5H3/t18-,23+,24-,25-,26-/m0/s1. The van der Waals surface area contributed by atoms with Crippen LogP contribution in [-0.4, -0.2) is 44.6 Å². The van der Waals surface area contributed by atoms with Crippen LogP contribution in [0.15, 0.2) is 48.5 Å². The molecular weight excluding hydrogens is 604 g/mol. The fourth-order valence-corrected chi connectivity index (χ4v) is 10.6. The molecule has 0 radical (unpaired) electrons. The van der Waals surface area contributed by atoms with E-state index in [2.05, 4.69) is 35.9 Å². The van der Waals surface area contributed by atoms with Gasteiger partial charge in [0.25, 0.3) is 0 Å². The molecule has 39 heavy (non-hydrogen) atoms. The van der Waals surface area contributed by atoms with Crippen molar-refractivity contribution in [1.29, 1.82) is 0 Å². The van der Waals surface area contributed by atoms with Gasteiger partial charge >= 0.3 is 235 Å². The van der Waals surface area contributed by atoms with Gasteiger partial charge in [-0.3, -0.25) is 0 Å². The maximum absolute atomic E-state index is 13.7. The normalized spacial score (nSPS) is 28.8. The predicted octanol–water partition coefficient (Wildman–Crippen LogP) is 8.71. The van der Waals surface area contributed by atoms with Gasteiger partial charge in [-0.25, -0.2) is 0 Å². The predicted molar refractivity (Wildman–Crippen MR) is 143 cm³/mol. The first-order chi connectivity index (χ1) is 18.0. The third-order valence-corrected chi connectivity index (χ3v) is 14.7. The number of nitrogens with zero attached hydrogens (tertiary/aromatic N) is 2. The molecule has 0 N–H and O–H groups in total. The van der Waals surface area contributed by atoms with Crippen molar-refractivity contribution in [2.75, 3.05) is 14.1 Å². The van der Waals surface area contributed by atoms with Crippen LogP contribution in [0.4, 0.5) is 26.3 Å². The van der Waals surface area contributed by atoms with Crippen molar-refractivity contribution >= 4 is 21.1 Å². The molecule has 0 amide bonds. The molecule has 1 aliphatic carbocycles. The number of benzene rings is 2. The molecule has 0 unspecified atom stereocenters. The van der Waals surface area contributed by atoms with Gasteiger partial charge in [0.15, 0.2) is 0 Å². The number of rotatable bonds is 5. The second-order valence-electron chi connectivity index (χ2n) is 11.2. The van der Waals surface area contributed by atoms with Crippen molar-refractivity contribution in [1.82, 2.24) is 9.34 Å². The topological polar surface area (TPSA) is 15.7 Å². The Morgan fingerprint density at radius 3 is 1.72 bits per heavy atom. The van der Waals surface area contributed by atoms with E-state index in [9.17, 15) is 26.3 Å². The number of likely N-dealkylation sites (N-methyl/N-ethyl adjacent to an activating group) is 2. The molecule has 0 spiro atoms. The second kappa shape index (κ2) is 11.3. The summed E-state index contributed by atoms with van der Waals surface area (Å²) in [5, 5.41) is 0. The van der Waals surface area contributed by atoms with Crippen LogP contribution in [0.2, 0.25) is 0 Å². The minimum absolute atomic E-state index is 0.0735. The minimum atomic E-state index is -4.55. The fourth-order valence-electron chi connectivity index (χ4n) is 6.10. The summed E-state index contributed by atoms with van der Waals surface area (Å²) < 4.78 is 92.9. The molecular formula is C28H35F6N2OPSe. The zero-order valence-electron chi connectivity index (χ0n) is 22.6. The zero-order valence-corrected chi connectivity index (χ0v) is 25.2. The maximum atomic E-state index is 13.7. The van der Waals surface area contributed by atoms with E-state index in [4.69, 9.17) is 4.52 Å². The SMILES string of the molecule is CC(C)[C@H]1CC[C@H](C)C[C@@H]1OP1(=[Se])N(C)[C@@H](c2cccc(C(F)(F)F)c2)[C@H](c2cccc(C(F)(F)F)c2)N1C. The van der Waals surface area contributed by atoms with Crippen LogP contribution in [-0.2, 0) is 16.9 Å². The van der Waals surface area contributed by atoms with Gasteiger partial charge in [0, 0.05) is 0 Å². The molecule has 0 aromatic heterocycles. The zero-order chi connectivity index (χ0) is 28.9. The summed E-state index contributed by atoms with van der Waals surface area (Å²) in [6, 6.07) is 6.06. The van der Waals surface area contributed by atoms with Gasteiger partial charge in [-0.15, -0.1) is 0 Å². The third-order valence-electron chi connectivity index (χ3n) is 8.25. The summed E-state index contributed by atoms with van der Waals surface area (Å²) in [4.78, 5) is 0. The van der Waals surface area contributed by atoms with Gasteiger partial charge < -0.3 is 0 Å². The van der Waals surface area contributed by atoms with E-state index in [1.54, 1.807) is 26.2 Å². The van der Waals surface area contributed by atoms with Crippen molar-refractivity contribution < 1.29 is 30.9 Å². The van der Waals surface area contributed by atoms with Gasteiger partial charge in [-0.2, -0.15) is 0 Å². The average Bonchev–Trinajstić information content (AvgIpc) is 3.04. The molecule has 5 atom stereocenters.